The molecule has 0 saturated heterocycles. The number of carbonyl (C=O) groups is 1. The van der Waals surface area contributed by atoms with Crippen LogP contribution in [0.15, 0.2) is 47.0 Å². The van der Waals surface area contributed by atoms with Crippen molar-refractivity contribution in [3.8, 4) is 17.1 Å². The van der Waals surface area contributed by atoms with Crippen LogP contribution in [0.2, 0.25) is 0 Å². The minimum atomic E-state index is -0.591. The first kappa shape index (κ1) is 17.6. The van der Waals surface area contributed by atoms with Gasteiger partial charge in [0.25, 0.3) is 5.91 Å². The maximum atomic E-state index is 13.8. The monoisotopic (exact) mass is 355 g/mol. The molecule has 0 bridgehead atoms. The Morgan fingerprint density at radius 3 is 2.73 bits per heavy atom. The minimum absolute atomic E-state index is 0.0870. The highest BCUT2D eigenvalue weighted by atomic mass is 19.1. The first-order chi connectivity index (χ1) is 12.5. The summed E-state index contributed by atoms with van der Waals surface area (Å²) in [7, 11) is 2.95. The third kappa shape index (κ3) is 3.56. The van der Waals surface area contributed by atoms with Gasteiger partial charge in [-0.15, -0.1) is 0 Å². The van der Waals surface area contributed by atoms with Crippen LogP contribution >= 0.6 is 0 Å². The van der Waals surface area contributed by atoms with E-state index in [1.165, 1.54) is 24.1 Å². The zero-order valence-electron chi connectivity index (χ0n) is 14.7. The van der Waals surface area contributed by atoms with Crippen LogP contribution in [-0.4, -0.2) is 35.1 Å². The first-order valence-corrected chi connectivity index (χ1v) is 7.97. The zero-order chi connectivity index (χ0) is 18.7. The van der Waals surface area contributed by atoms with E-state index in [-0.39, 0.29) is 23.8 Å². The fourth-order valence-corrected chi connectivity index (χ4v) is 2.55. The van der Waals surface area contributed by atoms with Gasteiger partial charge in [-0.25, -0.2) is 4.39 Å². The Hall–Kier alpha value is -3.22. The van der Waals surface area contributed by atoms with Gasteiger partial charge in [-0.3, -0.25) is 4.79 Å². The lowest BCUT2D eigenvalue weighted by atomic mass is 10.1. The number of aromatic nitrogens is 2. The number of carbonyl (C=O) groups excluding carboxylic acids is 1. The second-order valence-corrected chi connectivity index (χ2v) is 5.84. The Morgan fingerprint density at radius 1 is 1.27 bits per heavy atom. The molecule has 0 aliphatic carbocycles. The average Bonchev–Trinajstić information content (AvgIpc) is 3.09. The highest BCUT2D eigenvalue weighted by molar-refractivity contribution is 5.94. The van der Waals surface area contributed by atoms with Crippen molar-refractivity contribution in [1.29, 1.82) is 0 Å². The van der Waals surface area contributed by atoms with Gasteiger partial charge in [0.1, 0.15) is 0 Å². The number of hydrogen-bond acceptors (Lipinski definition) is 5. The molecule has 0 aliphatic rings. The van der Waals surface area contributed by atoms with Gasteiger partial charge in [-0.2, -0.15) is 4.98 Å². The average molecular weight is 355 g/mol. The summed E-state index contributed by atoms with van der Waals surface area (Å²) < 4.78 is 23.9. The molecule has 0 saturated carbocycles. The van der Waals surface area contributed by atoms with Gasteiger partial charge in [0.05, 0.1) is 13.7 Å². The zero-order valence-corrected chi connectivity index (χ0v) is 14.7. The van der Waals surface area contributed by atoms with Crippen LogP contribution in [0.1, 0.15) is 21.8 Å². The van der Waals surface area contributed by atoms with E-state index in [1.807, 2.05) is 31.2 Å². The van der Waals surface area contributed by atoms with Crippen molar-refractivity contribution in [2.75, 3.05) is 14.2 Å². The molecular formula is C19H18FN3O3. The normalized spacial score (nSPS) is 10.6. The lowest BCUT2D eigenvalue weighted by molar-refractivity contribution is 0.0769. The van der Waals surface area contributed by atoms with E-state index >= 15 is 0 Å². The Balaban J connectivity index is 1.74. The van der Waals surface area contributed by atoms with Crippen molar-refractivity contribution >= 4 is 5.91 Å². The molecule has 1 aromatic heterocycles. The van der Waals surface area contributed by atoms with Gasteiger partial charge >= 0.3 is 0 Å². The molecule has 6 nitrogen and oxygen atoms in total. The third-order valence-electron chi connectivity index (χ3n) is 3.97. The van der Waals surface area contributed by atoms with E-state index < -0.39 is 5.82 Å². The van der Waals surface area contributed by atoms with E-state index in [4.69, 9.17) is 9.26 Å². The number of methoxy groups -OCH3 is 1. The second kappa shape index (κ2) is 7.35. The van der Waals surface area contributed by atoms with Gasteiger partial charge in [0, 0.05) is 18.2 Å². The van der Waals surface area contributed by atoms with E-state index in [2.05, 4.69) is 10.1 Å². The lowest BCUT2D eigenvalue weighted by Gasteiger charge is -2.15. The molecule has 2 aromatic carbocycles. The Morgan fingerprint density at radius 2 is 2.04 bits per heavy atom. The highest BCUT2D eigenvalue weighted by Gasteiger charge is 2.18. The lowest BCUT2D eigenvalue weighted by Crippen LogP contribution is -2.26. The fourth-order valence-electron chi connectivity index (χ4n) is 2.55. The number of hydrogen-bond donors (Lipinski definition) is 0. The Labute approximate surface area is 150 Å². The van der Waals surface area contributed by atoms with Gasteiger partial charge in [-0.1, -0.05) is 29.4 Å². The largest absolute Gasteiger partial charge is 0.494 e. The van der Waals surface area contributed by atoms with Crippen LogP contribution in [0.3, 0.4) is 0 Å². The van der Waals surface area contributed by atoms with Crippen LogP contribution in [0, 0.1) is 12.7 Å². The van der Waals surface area contributed by atoms with Crippen molar-refractivity contribution in [3.05, 3.63) is 65.3 Å². The molecule has 1 amide bonds. The topological polar surface area (TPSA) is 68.5 Å². The van der Waals surface area contributed by atoms with E-state index in [0.29, 0.717) is 11.7 Å². The van der Waals surface area contributed by atoms with Crippen LogP contribution in [0.25, 0.3) is 11.4 Å². The van der Waals surface area contributed by atoms with Gasteiger partial charge in [-0.05, 0) is 30.7 Å². The van der Waals surface area contributed by atoms with E-state index in [1.54, 1.807) is 7.05 Å². The molecule has 0 N–H and O–H groups in total. The van der Waals surface area contributed by atoms with Crippen LogP contribution < -0.4 is 4.74 Å². The summed E-state index contributed by atoms with van der Waals surface area (Å²) in [6.07, 6.45) is 0. The number of nitrogens with zero attached hydrogens (tertiary/aromatic N) is 3. The molecule has 0 unspecified atom stereocenters. The smallest absolute Gasteiger partial charge is 0.254 e. The maximum absolute atomic E-state index is 13.8. The van der Waals surface area contributed by atoms with E-state index in [0.717, 1.165) is 17.2 Å². The predicted molar refractivity (Wildman–Crippen MR) is 93.2 cm³/mol. The number of ether oxygens (including phenoxy) is 1. The summed E-state index contributed by atoms with van der Waals surface area (Å²) in [5, 5.41) is 3.97. The maximum Gasteiger partial charge on any atom is 0.254 e. The summed E-state index contributed by atoms with van der Waals surface area (Å²) >= 11 is 0. The highest BCUT2D eigenvalue weighted by Crippen LogP contribution is 2.21. The van der Waals surface area contributed by atoms with Gasteiger partial charge < -0.3 is 14.2 Å². The fraction of sp³-hybridized carbons (Fsp3) is 0.211. The molecule has 1 heterocycles. The third-order valence-corrected chi connectivity index (χ3v) is 3.97. The molecule has 0 aliphatic heterocycles. The van der Waals surface area contributed by atoms with Crippen LogP contribution in [-0.2, 0) is 6.54 Å². The van der Waals surface area contributed by atoms with Crippen LogP contribution in [0.5, 0.6) is 5.75 Å². The Bertz CT molecular complexity index is 939. The molecule has 26 heavy (non-hydrogen) atoms. The van der Waals surface area contributed by atoms with Crippen molar-refractivity contribution in [1.82, 2.24) is 15.0 Å². The quantitative estimate of drug-likeness (QED) is 0.701. The number of rotatable bonds is 5. The molecule has 0 atom stereocenters. The van der Waals surface area contributed by atoms with Crippen molar-refractivity contribution < 1.29 is 18.4 Å². The molecule has 0 radical (unpaired) electrons. The summed E-state index contributed by atoms with van der Waals surface area (Å²) in [6.45, 7) is 2.07. The van der Waals surface area contributed by atoms with Crippen molar-refractivity contribution in [3.63, 3.8) is 0 Å². The van der Waals surface area contributed by atoms with Gasteiger partial charge in [0.15, 0.2) is 11.6 Å². The molecular weight excluding hydrogens is 337 g/mol. The van der Waals surface area contributed by atoms with Crippen LogP contribution in [0.4, 0.5) is 4.39 Å². The number of amides is 1. The molecule has 7 heteroatoms. The minimum Gasteiger partial charge on any atom is -0.494 e. The number of halogens is 1. The predicted octanol–water partition coefficient (Wildman–Crippen LogP) is 3.46. The number of aryl methyl sites for hydroxylation is 1. The summed E-state index contributed by atoms with van der Waals surface area (Å²) in [5.41, 5.74) is 2.11. The molecule has 3 rings (SSSR count). The molecule has 0 fully saturated rings. The first-order valence-electron chi connectivity index (χ1n) is 7.97. The van der Waals surface area contributed by atoms with Crippen molar-refractivity contribution in [2.24, 2.45) is 0 Å². The van der Waals surface area contributed by atoms with Gasteiger partial charge in [0.2, 0.25) is 11.7 Å². The summed E-state index contributed by atoms with van der Waals surface area (Å²) in [5.74, 6) is -0.0971. The molecule has 0 spiro atoms. The van der Waals surface area contributed by atoms with Crippen molar-refractivity contribution in [2.45, 2.75) is 13.5 Å². The van der Waals surface area contributed by atoms with E-state index in [9.17, 15) is 9.18 Å². The summed E-state index contributed by atoms with van der Waals surface area (Å²) in [4.78, 5) is 18.2. The SMILES string of the molecule is COc1ccc(C(=O)N(C)Cc2nc(-c3ccccc3C)no2)cc1F. The second-order valence-electron chi connectivity index (χ2n) is 5.84. The standard InChI is InChI=1S/C19H18FN3O3/c1-12-6-4-5-7-14(12)18-21-17(26-22-18)11-23(2)19(24)13-8-9-16(25-3)15(20)10-13/h4-10H,11H2,1-3H3. The molecule has 3 aromatic rings. The Kier molecular flexibility index (Phi) is 4.97. The summed E-state index contributed by atoms with van der Waals surface area (Å²) in [6, 6.07) is 11.8. The molecule has 134 valence electrons. The number of benzene rings is 2.